The van der Waals surface area contributed by atoms with Gasteiger partial charge in [0.2, 0.25) is 5.91 Å². The van der Waals surface area contributed by atoms with Crippen LogP contribution in [0.1, 0.15) is 0 Å². The Bertz CT molecular complexity index is 365. The Labute approximate surface area is 73.9 Å². The molecular weight excluding hydrogens is 174 g/mol. The van der Waals surface area contributed by atoms with Crippen molar-refractivity contribution in [3.05, 3.63) is 16.8 Å². The molecule has 0 radical (unpaired) electrons. The number of rotatable bonds is 3. The highest BCUT2D eigenvalue weighted by Crippen LogP contribution is 1.82. The van der Waals surface area contributed by atoms with Crippen LogP contribution in [0.25, 0.3) is 0 Å². The highest BCUT2D eigenvalue weighted by atomic mass is 16.2. The lowest BCUT2D eigenvalue weighted by atomic mass is 10.3. The highest BCUT2D eigenvalue weighted by Gasteiger charge is 2.12. The molecule has 0 aliphatic heterocycles. The minimum Gasteiger partial charge on any atom is -0.368 e. The minimum absolute atomic E-state index is 0.00894. The van der Waals surface area contributed by atoms with E-state index < -0.39 is 11.9 Å². The number of nitrogens with two attached hydrogens (primary N) is 2. The van der Waals surface area contributed by atoms with Crippen molar-refractivity contribution in [1.29, 1.82) is 0 Å². The predicted octanol–water partition coefficient (Wildman–Crippen LogP) is -2.61. The summed E-state index contributed by atoms with van der Waals surface area (Å²) in [4.78, 5) is 21.8. The summed E-state index contributed by atoms with van der Waals surface area (Å²) in [5.41, 5.74) is 9.95. The number of hydrogen-bond acceptors (Lipinski definition) is 4. The maximum atomic E-state index is 11.2. The van der Waals surface area contributed by atoms with Crippen molar-refractivity contribution in [3.63, 3.8) is 0 Å². The van der Waals surface area contributed by atoms with E-state index in [1.165, 1.54) is 10.9 Å². The third kappa shape index (κ3) is 1.94. The van der Waals surface area contributed by atoms with Crippen molar-refractivity contribution in [2.45, 2.75) is 12.6 Å². The molecule has 72 valence electrons. The summed E-state index contributed by atoms with van der Waals surface area (Å²) in [6.07, 6.45) is 1.34. The molecule has 0 aromatic carbocycles. The third-order valence-corrected chi connectivity index (χ3v) is 1.62. The molecule has 1 aromatic rings. The highest BCUT2D eigenvalue weighted by molar-refractivity contribution is 5.79. The number of amides is 1. The van der Waals surface area contributed by atoms with Crippen molar-refractivity contribution >= 4 is 5.91 Å². The van der Waals surface area contributed by atoms with E-state index in [1.807, 2.05) is 0 Å². The fraction of sp³-hybridized carbons (Fsp3) is 0.500. The van der Waals surface area contributed by atoms with Gasteiger partial charge in [-0.05, 0) is 0 Å². The topological polar surface area (TPSA) is 109 Å². The molecule has 0 saturated carbocycles. The average molecular weight is 185 g/mol. The summed E-state index contributed by atoms with van der Waals surface area (Å²) in [7, 11) is 1.56. The molecule has 1 aromatic heterocycles. The van der Waals surface area contributed by atoms with Gasteiger partial charge in [-0.25, -0.2) is 9.48 Å². The van der Waals surface area contributed by atoms with Crippen molar-refractivity contribution in [2.75, 3.05) is 0 Å². The second kappa shape index (κ2) is 3.40. The van der Waals surface area contributed by atoms with E-state index >= 15 is 0 Å². The lowest BCUT2D eigenvalue weighted by Gasteiger charge is -2.04. The summed E-state index contributed by atoms with van der Waals surface area (Å²) in [6, 6.07) is -0.882. The Hall–Kier alpha value is -1.63. The Morgan fingerprint density at radius 2 is 2.38 bits per heavy atom. The zero-order valence-electron chi connectivity index (χ0n) is 7.17. The van der Waals surface area contributed by atoms with Gasteiger partial charge in [0.05, 0.1) is 6.54 Å². The fourth-order valence-corrected chi connectivity index (χ4v) is 0.822. The van der Waals surface area contributed by atoms with Crippen LogP contribution in [-0.2, 0) is 18.4 Å². The summed E-state index contributed by atoms with van der Waals surface area (Å²) in [6.45, 7) is 0.00894. The molecule has 0 aliphatic rings. The zero-order chi connectivity index (χ0) is 10.0. The van der Waals surface area contributed by atoms with Gasteiger partial charge in [0, 0.05) is 7.05 Å². The molecule has 0 aliphatic carbocycles. The van der Waals surface area contributed by atoms with Crippen LogP contribution in [0.5, 0.6) is 0 Å². The Kier molecular flexibility index (Phi) is 2.47. The quantitative estimate of drug-likeness (QED) is 0.537. The number of primary amides is 1. The monoisotopic (exact) mass is 185 g/mol. The summed E-state index contributed by atoms with van der Waals surface area (Å²) < 4.78 is 2.38. The number of carbonyl (C=O) groups is 1. The molecule has 7 heteroatoms. The SMILES string of the molecule is Cn1cnn(CC(N)C(N)=O)c1=O. The van der Waals surface area contributed by atoms with Crippen molar-refractivity contribution in [2.24, 2.45) is 18.5 Å². The molecule has 0 saturated heterocycles. The molecule has 1 unspecified atom stereocenters. The molecule has 7 nitrogen and oxygen atoms in total. The maximum absolute atomic E-state index is 11.2. The maximum Gasteiger partial charge on any atom is 0.345 e. The van der Waals surface area contributed by atoms with E-state index in [4.69, 9.17) is 11.5 Å². The molecule has 13 heavy (non-hydrogen) atoms. The number of aryl methyl sites for hydroxylation is 1. The van der Waals surface area contributed by atoms with Gasteiger partial charge in [0.25, 0.3) is 0 Å². The van der Waals surface area contributed by atoms with E-state index in [2.05, 4.69) is 5.10 Å². The van der Waals surface area contributed by atoms with E-state index in [-0.39, 0.29) is 12.2 Å². The molecule has 1 rings (SSSR count). The first-order valence-electron chi connectivity index (χ1n) is 3.65. The minimum atomic E-state index is -0.882. The smallest absolute Gasteiger partial charge is 0.345 e. The van der Waals surface area contributed by atoms with E-state index in [0.29, 0.717) is 0 Å². The average Bonchev–Trinajstić information content (AvgIpc) is 2.36. The van der Waals surface area contributed by atoms with Gasteiger partial charge >= 0.3 is 5.69 Å². The zero-order valence-corrected chi connectivity index (χ0v) is 7.17. The lowest BCUT2D eigenvalue weighted by molar-refractivity contribution is -0.119. The molecule has 1 amide bonds. The van der Waals surface area contributed by atoms with Gasteiger partial charge in [-0.15, -0.1) is 0 Å². The van der Waals surface area contributed by atoms with Crippen LogP contribution in [0.3, 0.4) is 0 Å². The third-order valence-electron chi connectivity index (χ3n) is 1.62. The van der Waals surface area contributed by atoms with E-state index in [0.717, 1.165) is 4.68 Å². The first-order valence-corrected chi connectivity index (χ1v) is 3.65. The van der Waals surface area contributed by atoms with Gasteiger partial charge in [-0.1, -0.05) is 0 Å². The Morgan fingerprint density at radius 1 is 1.77 bits per heavy atom. The second-order valence-electron chi connectivity index (χ2n) is 2.72. The normalized spacial score (nSPS) is 12.8. The van der Waals surface area contributed by atoms with E-state index in [1.54, 1.807) is 7.05 Å². The number of aromatic nitrogens is 3. The Morgan fingerprint density at radius 3 is 2.77 bits per heavy atom. The summed E-state index contributed by atoms with van der Waals surface area (Å²) in [5.74, 6) is -0.655. The molecular formula is C6H11N5O2. The van der Waals surface area contributed by atoms with Gasteiger partial charge in [-0.3, -0.25) is 9.36 Å². The standard InChI is InChI=1S/C6H11N5O2/c1-10-3-9-11(6(10)13)2-4(7)5(8)12/h3-4H,2,7H2,1H3,(H2,8,12). The van der Waals surface area contributed by atoms with Crippen LogP contribution in [0.4, 0.5) is 0 Å². The first kappa shape index (κ1) is 9.46. The van der Waals surface area contributed by atoms with Crippen LogP contribution < -0.4 is 17.2 Å². The van der Waals surface area contributed by atoms with Gasteiger partial charge in [0.1, 0.15) is 12.4 Å². The molecule has 4 N–H and O–H groups in total. The number of carbonyl (C=O) groups excluding carboxylic acids is 1. The molecule has 1 heterocycles. The fourth-order valence-electron chi connectivity index (χ4n) is 0.822. The van der Waals surface area contributed by atoms with Crippen LogP contribution in [0, 0.1) is 0 Å². The van der Waals surface area contributed by atoms with Crippen LogP contribution in [0.2, 0.25) is 0 Å². The summed E-state index contributed by atoms with van der Waals surface area (Å²) in [5, 5.41) is 3.72. The van der Waals surface area contributed by atoms with Gasteiger partial charge < -0.3 is 11.5 Å². The van der Waals surface area contributed by atoms with E-state index in [9.17, 15) is 9.59 Å². The molecule has 1 atom stereocenters. The first-order chi connectivity index (χ1) is 6.02. The molecule has 0 fully saturated rings. The Balaban J connectivity index is 2.81. The van der Waals surface area contributed by atoms with Crippen LogP contribution in [-0.4, -0.2) is 26.3 Å². The molecule has 0 bridgehead atoms. The van der Waals surface area contributed by atoms with Crippen molar-refractivity contribution < 1.29 is 4.79 Å². The summed E-state index contributed by atoms with van der Waals surface area (Å²) >= 11 is 0. The predicted molar refractivity (Wildman–Crippen MR) is 44.6 cm³/mol. The van der Waals surface area contributed by atoms with Crippen molar-refractivity contribution in [3.8, 4) is 0 Å². The van der Waals surface area contributed by atoms with Gasteiger partial charge in [-0.2, -0.15) is 5.10 Å². The number of nitrogens with zero attached hydrogens (tertiary/aromatic N) is 3. The van der Waals surface area contributed by atoms with Crippen LogP contribution >= 0.6 is 0 Å². The largest absolute Gasteiger partial charge is 0.368 e. The number of hydrogen-bond donors (Lipinski definition) is 2. The second-order valence-corrected chi connectivity index (χ2v) is 2.72. The lowest BCUT2D eigenvalue weighted by Crippen LogP contribution is -2.42. The van der Waals surface area contributed by atoms with Crippen molar-refractivity contribution in [1.82, 2.24) is 14.3 Å². The van der Waals surface area contributed by atoms with Gasteiger partial charge in [0.15, 0.2) is 0 Å². The van der Waals surface area contributed by atoms with Crippen LogP contribution in [0.15, 0.2) is 11.1 Å². The molecule has 0 spiro atoms.